The van der Waals surface area contributed by atoms with Crippen LogP contribution in [0.5, 0.6) is 5.75 Å². The predicted octanol–water partition coefficient (Wildman–Crippen LogP) is 5.32. The summed E-state index contributed by atoms with van der Waals surface area (Å²) in [6.07, 6.45) is 2.49. The van der Waals surface area contributed by atoms with Crippen molar-refractivity contribution in [3.8, 4) is 5.75 Å². The van der Waals surface area contributed by atoms with Gasteiger partial charge in [-0.25, -0.2) is 0 Å². The van der Waals surface area contributed by atoms with Gasteiger partial charge in [-0.05, 0) is 70.6 Å². The van der Waals surface area contributed by atoms with Crippen LogP contribution >= 0.6 is 34.4 Å². The SMILES string of the molecule is CCCN1C(=O)S/C(=C/c2ccccc2OCc2ccc(I)cc2)C1=O. The van der Waals surface area contributed by atoms with Crippen molar-refractivity contribution < 1.29 is 14.3 Å². The number of thioether (sulfide) groups is 1. The van der Waals surface area contributed by atoms with Crippen molar-refractivity contribution in [2.45, 2.75) is 20.0 Å². The van der Waals surface area contributed by atoms with Gasteiger partial charge >= 0.3 is 0 Å². The molecule has 2 amide bonds. The molecule has 0 N–H and O–H groups in total. The van der Waals surface area contributed by atoms with Gasteiger partial charge in [0.25, 0.3) is 11.1 Å². The fraction of sp³-hybridized carbons (Fsp3) is 0.200. The summed E-state index contributed by atoms with van der Waals surface area (Å²) in [5.41, 5.74) is 1.86. The van der Waals surface area contributed by atoms with Crippen LogP contribution in [0.15, 0.2) is 53.4 Å². The quantitative estimate of drug-likeness (QED) is 0.416. The zero-order chi connectivity index (χ0) is 18.5. The average Bonchev–Trinajstić information content (AvgIpc) is 2.90. The lowest BCUT2D eigenvalue weighted by atomic mass is 10.1. The molecule has 0 saturated carbocycles. The highest BCUT2D eigenvalue weighted by atomic mass is 127. The minimum absolute atomic E-state index is 0.208. The number of hydrogen-bond acceptors (Lipinski definition) is 4. The minimum Gasteiger partial charge on any atom is -0.488 e. The summed E-state index contributed by atoms with van der Waals surface area (Å²) < 4.78 is 7.12. The lowest BCUT2D eigenvalue weighted by Gasteiger charge is -2.11. The van der Waals surface area contributed by atoms with Crippen molar-refractivity contribution in [1.29, 1.82) is 0 Å². The predicted molar refractivity (Wildman–Crippen MR) is 113 cm³/mol. The number of halogens is 1. The molecule has 4 nitrogen and oxygen atoms in total. The van der Waals surface area contributed by atoms with Crippen molar-refractivity contribution in [2.75, 3.05) is 6.54 Å². The first-order valence-electron chi connectivity index (χ1n) is 8.30. The highest BCUT2D eigenvalue weighted by molar-refractivity contribution is 14.1. The van der Waals surface area contributed by atoms with Crippen molar-refractivity contribution >= 4 is 51.6 Å². The Bertz CT molecular complexity index is 848. The summed E-state index contributed by atoms with van der Waals surface area (Å²) in [4.78, 5) is 26.1. The van der Waals surface area contributed by atoms with Crippen LogP contribution in [0.4, 0.5) is 4.79 Å². The molecule has 0 radical (unpaired) electrons. The van der Waals surface area contributed by atoms with E-state index >= 15 is 0 Å². The van der Waals surface area contributed by atoms with Crippen molar-refractivity contribution in [1.82, 2.24) is 4.90 Å². The third kappa shape index (κ3) is 4.48. The van der Waals surface area contributed by atoms with Gasteiger partial charge in [0, 0.05) is 15.7 Å². The van der Waals surface area contributed by atoms with E-state index in [1.54, 1.807) is 6.08 Å². The number of rotatable bonds is 6. The van der Waals surface area contributed by atoms with Crippen LogP contribution in [0, 0.1) is 3.57 Å². The molecule has 0 aromatic heterocycles. The van der Waals surface area contributed by atoms with E-state index in [9.17, 15) is 9.59 Å². The normalized spacial score (nSPS) is 15.8. The number of para-hydroxylation sites is 1. The van der Waals surface area contributed by atoms with E-state index in [0.29, 0.717) is 23.8 Å². The molecular weight excluding hydrogens is 461 g/mol. The molecule has 1 heterocycles. The zero-order valence-corrected chi connectivity index (χ0v) is 17.2. The smallest absolute Gasteiger partial charge is 0.293 e. The Hall–Kier alpha value is -1.80. The first kappa shape index (κ1) is 19.0. The maximum atomic E-state index is 12.4. The second kappa shape index (κ2) is 8.73. The Morgan fingerprint density at radius 2 is 1.85 bits per heavy atom. The minimum atomic E-state index is -0.228. The first-order chi connectivity index (χ1) is 12.6. The zero-order valence-electron chi connectivity index (χ0n) is 14.3. The Morgan fingerprint density at radius 3 is 2.58 bits per heavy atom. The summed E-state index contributed by atoms with van der Waals surface area (Å²) >= 11 is 3.25. The average molecular weight is 479 g/mol. The third-order valence-corrected chi connectivity index (χ3v) is 5.46. The van der Waals surface area contributed by atoms with E-state index in [1.807, 2.05) is 55.5 Å². The molecular formula is C20H18INO3S. The molecule has 1 aliphatic heterocycles. The summed E-state index contributed by atoms with van der Waals surface area (Å²) in [6, 6.07) is 15.7. The molecule has 3 rings (SSSR count). The van der Waals surface area contributed by atoms with Gasteiger partial charge in [0.1, 0.15) is 12.4 Å². The molecule has 0 atom stereocenters. The number of benzene rings is 2. The maximum Gasteiger partial charge on any atom is 0.293 e. The molecule has 0 spiro atoms. The van der Waals surface area contributed by atoms with E-state index in [2.05, 4.69) is 22.6 Å². The lowest BCUT2D eigenvalue weighted by molar-refractivity contribution is -0.122. The van der Waals surface area contributed by atoms with E-state index in [1.165, 1.54) is 8.47 Å². The number of nitrogens with zero attached hydrogens (tertiary/aromatic N) is 1. The fourth-order valence-electron chi connectivity index (χ4n) is 2.53. The number of amides is 2. The second-order valence-electron chi connectivity index (χ2n) is 5.79. The molecule has 1 aliphatic rings. The van der Waals surface area contributed by atoms with Crippen LogP contribution < -0.4 is 4.74 Å². The Morgan fingerprint density at radius 1 is 1.12 bits per heavy atom. The van der Waals surface area contributed by atoms with Crippen molar-refractivity contribution in [3.63, 3.8) is 0 Å². The molecule has 0 aliphatic carbocycles. The molecule has 0 bridgehead atoms. The Labute approximate surface area is 170 Å². The summed E-state index contributed by atoms with van der Waals surface area (Å²) in [6.45, 7) is 2.84. The number of imide groups is 1. The maximum absolute atomic E-state index is 12.4. The van der Waals surface area contributed by atoms with Gasteiger partial charge in [-0.1, -0.05) is 37.3 Å². The fourth-order valence-corrected chi connectivity index (χ4v) is 3.75. The largest absolute Gasteiger partial charge is 0.488 e. The van der Waals surface area contributed by atoms with Gasteiger partial charge in [0.15, 0.2) is 0 Å². The van der Waals surface area contributed by atoms with Gasteiger partial charge in [0.05, 0.1) is 4.91 Å². The standard InChI is InChI=1S/C20H18INO3S/c1-2-11-22-19(23)18(26-20(22)24)12-15-5-3-4-6-17(15)25-13-14-7-9-16(21)10-8-14/h3-10,12H,2,11,13H2,1H3/b18-12+. The molecule has 1 fully saturated rings. The Balaban J connectivity index is 1.78. The highest BCUT2D eigenvalue weighted by Crippen LogP contribution is 2.34. The number of carbonyl (C=O) groups is 2. The van der Waals surface area contributed by atoms with Gasteiger partial charge < -0.3 is 4.74 Å². The van der Waals surface area contributed by atoms with Crippen molar-refractivity contribution in [2.24, 2.45) is 0 Å². The monoisotopic (exact) mass is 479 g/mol. The van der Waals surface area contributed by atoms with Gasteiger partial charge in [-0.2, -0.15) is 0 Å². The topological polar surface area (TPSA) is 46.6 Å². The van der Waals surface area contributed by atoms with Gasteiger partial charge in [0.2, 0.25) is 0 Å². The molecule has 26 heavy (non-hydrogen) atoms. The molecule has 2 aromatic rings. The van der Waals surface area contributed by atoms with Crippen LogP contribution in [-0.2, 0) is 11.4 Å². The number of hydrogen-bond donors (Lipinski definition) is 0. The summed E-state index contributed by atoms with van der Waals surface area (Å²) in [5.74, 6) is 0.461. The van der Waals surface area contributed by atoms with E-state index in [4.69, 9.17) is 4.74 Å². The third-order valence-electron chi connectivity index (χ3n) is 3.83. The van der Waals surface area contributed by atoms with Crippen molar-refractivity contribution in [3.05, 3.63) is 68.1 Å². The second-order valence-corrected chi connectivity index (χ2v) is 8.03. The molecule has 0 unspecified atom stereocenters. The molecule has 6 heteroatoms. The summed E-state index contributed by atoms with van der Waals surface area (Å²) in [5, 5.41) is -0.208. The molecule has 134 valence electrons. The van der Waals surface area contributed by atoms with Gasteiger partial charge in [-0.15, -0.1) is 0 Å². The highest BCUT2D eigenvalue weighted by Gasteiger charge is 2.34. The van der Waals surface area contributed by atoms with Crippen LogP contribution in [0.3, 0.4) is 0 Å². The number of carbonyl (C=O) groups excluding carboxylic acids is 2. The Kier molecular flexibility index (Phi) is 6.37. The molecule has 1 saturated heterocycles. The summed E-state index contributed by atoms with van der Waals surface area (Å²) in [7, 11) is 0. The lowest BCUT2D eigenvalue weighted by Crippen LogP contribution is -2.28. The van der Waals surface area contributed by atoms with Crippen LogP contribution in [0.1, 0.15) is 24.5 Å². The van der Waals surface area contributed by atoms with Crippen LogP contribution in [-0.4, -0.2) is 22.6 Å². The van der Waals surface area contributed by atoms with Crippen LogP contribution in [0.2, 0.25) is 0 Å². The van der Waals surface area contributed by atoms with E-state index in [0.717, 1.165) is 29.3 Å². The molecule has 2 aromatic carbocycles. The number of ether oxygens (including phenoxy) is 1. The first-order valence-corrected chi connectivity index (χ1v) is 10.2. The van der Waals surface area contributed by atoms with E-state index in [-0.39, 0.29) is 11.1 Å². The van der Waals surface area contributed by atoms with E-state index < -0.39 is 0 Å². The van der Waals surface area contributed by atoms with Gasteiger partial charge in [-0.3, -0.25) is 14.5 Å². The van der Waals surface area contributed by atoms with Crippen LogP contribution in [0.25, 0.3) is 6.08 Å².